The lowest BCUT2D eigenvalue weighted by atomic mass is 10.1. The van der Waals surface area contributed by atoms with Crippen molar-refractivity contribution in [3.63, 3.8) is 0 Å². The van der Waals surface area contributed by atoms with Crippen molar-refractivity contribution in [3.8, 4) is 0 Å². The zero-order chi connectivity index (χ0) is 13.7. The number of carbonyl (C=O) groups is 1. The van der Waals surface area contributed by atoms with Crippen molar-refractivity contribution < 1.29 is 4.79 Å². The maximum Gasteiger partial charge on any atom is 0.255 e. The Morgan fingerprint density at radius 2 is 1.95 bits per heavy atom. The second-order valence-electron chi connectivity index (χ2n) is 4.38. The summed E-state index contributed by atoms with van der Waals surface area (Å²) in [5.74, 6) is 0.0836. The summed E-state index contributed by atoms with van der Waals surface area (Å²) in [6.07, 6.45) is 6.75. The first-order valence-electron chi connectivity index (χ1n) is 6.93. The average Bonchev–Trinajstić information content (AvgIpc) is 2.97. The third-order valence-electron chi connectivity index (χ3n) is 3.18. The van der Waals surface area contributed by atoms with Gasteiger partial charge in [0.15, 0.2) is 5.65 Å². The summed E-state index contributed by atoms with van der Waals surface area (Å²) in [6, 6.07) is 1.85. The fourth-order valence-corrected chi connectivity index (χ4v) is 2.23. The normalized spacial score (nSPS) is 14.9. The van der Waals surface area contributed by atoms with Gasteiger partial charge in [0, 0.05) is 24.7 Å². The molecule has 0 unspecified atom stereocenters. The first kappa shape index (κ1) is 13.5. The molecule has 0 aromatic carbocycles. The number of H-pyrrole nitrogens is 1. The minimum Gasteiger partial charge on any atom is -0.339 e. The number of nitrogens with one attached hydrogen (secondary N) is 1. The second-order valence-corrected chi connectivity index (χ2v) is 4.38. The number of likely N-dealkylation sites (tertiary alicyclic amines) is 1. The number of aromatic nitrogens is 3. The molecule has 102 valence electrons. The van der Waals surface area contributed by atoms with E-state index in [2.05, 4.69) is 15.2 Å². The molecule has 3 heterocycles. The highest BCUT2D eigenvalue weighted by molar-refractivity contribution is 5.96. The first-order valence-corrected chi connectivity index (χ1v) is 6.93. The van der Waals surface area contributed by atoms with E-state index in [4.69, 9.17) is 0 Å². The Morgan fingerprint density at radius 3 is 2.68 bits per heavy atom. The molecule has 1 aliphatic heterocycles. The van der Waals surface area contributed by atoms with Gasteiger partial charge in [0.2, 0.25) is 0 Å². The molecule has 0 saturated carbocycles. The van der Waals surface area contributed by atoms with Crippen molar-refractivity contribution in [2.45, 2.75) is 33.1 Å². The van der Waals surface area contributed by atoms with Crippen LogP contribution in [0.5, 0.6) is 0 Å². The number of nitrogens with zero attached hydrogens (tertiary/aromatic N) is 3. The van der Waals surface area contributed by atoms with E-state index in [1.165, 1.54) is 6.42 Å². The number of carbonyl (C=O) groups excluding carboxylic acids is 1. The summed E-state index contributed by atoms with van der Waals surface area (Å²) in [4.78, 5) is 18.3. The highest BCUT2D eigenvalue weighted by atomic mass is 16.2. The van der Waals surface area contributed by atoms with Gasteiger partial charge in [-0.05, 0) is 25.3 Å². The van der Waals surface area contributed by atoms with Gasteiger partial charge < -0.3 is 4.90 Å². The van der Waals surface area contributed by atoms with E-state index in [-0.39, 0.29) is 5.91 Å². The van der Waals surface area contributed by atoms with E-state index in [1.54, 1.807) is 12.4 Å². The molecule has 0 radical (unpaired) electrons. The van der Waals surface area contributed by atoms with E-state index in [0.29, 0.717) is 5.56 Å². The number of pyridine rings is 1. The molecule has 5 nitrogen and oxygen atoms in total. The predicted octanol–water partition coefficient (Wildman–Crippen LogP) is 2.61. The van der Waals surface area contributed by atoms with Crippen LogP contribution >= 0.6 is 0 Å². The zero-order valence-electron chi connectivity index (χ0n) is 11.5. The van der Waals surface area contributed by atoms with Crippen molar-refractivity contribution >= 4 is 16.9 Å². The van der Waals surface area contributed by atoms with Crippen LogP contribution in [0, 0.1) is 0 Å². The fourth-order valence-electron chi connectivity index (χ4n) is 2.23. The van der Waals surface area contributed by atoms with Crippen LogP contribution in [0.1, 0.15) is 43.5 Å². The largest absolute Gasteiger partial charge is 0.339 e. The van der Waals surface area contributed by atoms with Crippen LogP contribution in [-0.2, 0) is 0 Å². The summed E-state index contributed by atoms with van der Waals surface area (Å²) in [6.45, 7) is 5.73. The van der Waals surface area contributed by atoms with Gasteiger partial charge in [-0.2, -0.15) is 5.10 Å². The van der Waals surface area contributed by atoms with Gasteiger partial charge in [-0.15, -0.1) is 0 Å². The molecule has 5 heteroatoms. The number of aromatic amines is 1. The van der Waals surface area contributed by atoms with Gasteiger partial charge in [-0.25, -0.2) is 4.98 Å². The zero-order valence-corrected chi connectivity index (χ0v) is 11.5. The minimum absolute atomic E-state index is 0.0836. The quantitative estimate of drug-likeness (QED) is 0.857. The molecule has 1 amide bonds. The molecule has 1 aliphatic rings. The van der Waals surface area contributed by atoms with E-state index in [9.17, 15) is 4.79 Å². The first-order chi connectivity index (χ1) is 9.34. The van der Waals surface area contributed by atoms with Crippen molar-refractivity contribution in [2.75, 3.05) is 13.1 Å². The van der Waals surface area contributed by atoms with Crippen molar-refractivity contribution in [2.24, 2.45) is 0 Å². The van der Waals surface area contributed by atoms with Gasteiger partial charge in [-0.1, -0.05) is 13.8 Å². The highest BCUT2D eigenvalue weighted by Crippen LogP contribution is 2.15. The molecule has 1 N–H and O–H groups in total. The second kappa shape index (κ2) is 6.31. The van der Waals surface area contributed by atoms with Crippen LogP contribution in [0.2, 0.25) is 0 Å². The average molecular weight is 260 g/mol. The SMILES string of the molecule is CC.O=C(c1cnc2[nH]ncc2c1)N1CCCCC1. The Labute approximate surface area is 113 Å². The van der Waals surface area contributed by atoms with Crippen molar-refractivity contribution in [3.05, 3.63) is 24.0 Å². The summed E-state index contributed by atoms with van der Waals surface area (Å²) in [7, 11) is 0. The Morgan fingerprint density at radius 1 is 1.21 bits per heavy atom. The van der Waals surface area contributed by atoms with E-state index >= 15 is 0 Å². The Balaban J connectivity index is 0.000000637. The summed E-state index contributed by atoms with van der Waals surface area (Å²) < 4.78 is 0. The Hall–Kier alpha value is -1.91. The molecule has 1 fully saturated rings. The lowest BCUT2D eigenvalue weighted by molar-refractivity contribution is 0.0724. The molecule has 2 aromatic heterocycles. The number of fused-ring (bicyclic) bond motifs is 1. The lowest BCUT2D eigenvalue weighted by Crippen LogP contribution is -2.35. The van der Waals surface area contributed by atoms with Gasteiger partial charge in [0.25, 0.3) is 5.91 Å². The van der Waals surface area contributed by atoms with E-state index < -0.39 is 0 Å². The maximum absolute atomic E-state index is 12.2. The maximum atomic E-state index is 12.2. The van der Waals surface area contributed by atoms with Gasteiger partial charge >= 0.3 is 0 Å². The highest BCUT2D eigenvalue weighted by Gasteiger charge is 2.18. The topological polar surface area (TPSA) is 61.9 Å². The molecule has 3 rings (SSSR count). The molecule has 0 spiro atoms. The lowest BCUT2D eigenvalue weighted by Gasteiger charge is -2.26. The number of rotatable bonds is 1. The molecule has 0 aliphatic carbocycles. The number of amides is 1. The third-order valence-corrected chi connectivity index (χ3v) is 3.18. The van der Waals surface area contributed by atoms with Crippen molar-refractivity contribution in [1.82, 2.24) is 20.1 Å². The summed E-state index contributed by atoms with van der Waals surface area (Å²) in [5.41, 5.74) is 1.38. The molecular weight excluding hydrogens is 240 g/mol. The van der Waals surface area contributed by atoms with Gasteiger partial charge in [0.05, 0.1) is 11.8 Å². The Kier molecular flexibility index (Phi) is 4.49. The smallest absolute Gasteiger partial charge is 0.255 e. The molecule has 19 heavy (non-hydrogen) atoms. The predicted molar refractivity (Wildman–Crippen MR) is 75.0 cm³/mol. The molecule has 1 saturated heterocycles. The van der Waals surface area contributed by atoms with E-state index in [1.807, 2.05) is 24.8 Å². The minimum atomic E-state index is 0.0836. The van der Waals surface area contributed by atoms with Gasteiger partial charge in [-0.3, -0.25) is 9.89 Å². The number of hydrogen-bond donors (Lipinski definition) is 1. The van der Waals surface area contributed by atoms with Crippen LogP contribution in [0.25, 0.3) is 11.0 Å². The van der Waals surface area contributed by atoms with Gasteiger partial charge in [0.1, 0.15) is 0 Å². The van der Waals surface area contributed by atoms with Crippen molar-refractivity contribution in [1.29, 1.82) is 0 Å². The Bertz CT molecular complexity index is 543. The fraction of sp³-hybridized carbons (Fsp3) is 0.500. The molecule has 0 atom stereocenters. The standard InChI is InChI=1S/C12H14N4O.C2H6/c17-12(16-4-2-1-3-5-16)10-6-9-8-14-15-11(9)13-7-10;1-2/h6-8H,1-5H2,(H,13,14,15);1-2H3. The van der Waals surface area contributed by atoms with Crippen LogP contribution in [0.4, 0.5) is 0 Å². The van der Waals surface area contributed by atoms with E-state index in [0.717, 1.165) is 37.0 Å². The number of piperidine rings is 1. The number of hydrogen-bond acceptors (Lipinski definition) is 3. The molecular formula is C14H20N4O. The van der Waals surface area contributed by atoms with Crippen LogP contribution in [0.3, 0.4) is 0 Å². The molecule has 2 aromatic rings. The molecule has 0 bridgehead atoms. The summed E-state index contributed by atoms with van der Waals surface area (Å²) in [5, 5.41) is 7.56. The van der Waals surface area contributed by atoms with Crippen LogP contribution < -0.4 is 0 Å². The summed E-state index contributed by atoms with van der Waals surface area (Å²) >= 11 is 0. The third kappa shape index (κ3) is 2.92. The van der Waals surface area contributed by atoms with Crippen LogP contribution in [-0.4, -0.2) is 39.1 Å². The van der Waals surface area contributed by atoms with Crippen LogP contribution in [0.15, 0.2) is 18.5 Å². The monoisotopic (exact) mass is 260 g/mol.